The Morgan fingerprint density at radius 2 is 2.00 bits per heavy atom. The summed E-state index contributed by atoms with van der Waals surface area (Å²) in [5.41, 5.74) is 4.13. The lowest BCUT2D eigenvalue weighted by Gasteiger charge is -2.12. The molecule has 4 nitrogen and oxygen atoms in total. The van der Waals surface area contributed by atoms with Crippen molar-refractivity contribution in [3.63, 3.8) is 0 Å². The standard InChI is InChI=1S/C20H24FN3O/c1-14-3-4-16(12-18(14)21)13-24-20(22-2)23-9-7-15-5-6-19-17(11-15)8-10-25-19/h3-6,11-12H,7-10,13H2,1-2H3,(H2,22,23,24). The first-order chi connectivity index (χ1) is 12.2. The quantitative estimate of drug-likeness (QED) is 0.649. The highest BCUT2D eigenvalue weighted by Crippen LogP contribution is 2.25. The molecule has 1 aliphatic heterocycles. The van der Waals surface area contributed by atoms with Gasteiger partial charge in [-0.15, -0.1) is 0 Å². The van der Waals surface area contributed by atoms with E-state index in [1.165, 1.54) is 11.1 Å². The van der Waals surface area contributed by atoms with Gasteiger partial charge in [-0.1, -0.05) is 24.3 Å². The van der Waals surface area contributed by atoms with E-state index >= 15 is 0 Å². The lowest BCUT2D eigenvalue weighted by molar-refractivity contribution is 0.357. The molecule has 0 amide bonds. The zero-order chi connectivity index (χ0) is 17.6. The van der Waals surface area contributed by atoms with Crippen LogP contribution in [0.3, 0.4) is 0 Å². The molecule has 132 valence electrons. The van der Waals surface area contributed by atoms with Gasteiger partial charge in [-0.05, 0) is 47.7 Å². The van der Waals surface area contributed by atoms with E-state index in [1.807, 2.05) is 6.07 Å². The summed E-state index contributed by atoms with van der Waals surface area (Å²) in [6.45, 7) is 3.86. The number of nitrogens with one attached hydrogen (secondary N) is 2. The van der Waals surface area contributed by atoms with Gasteiger partial charge < -0.3 is 15.4 Å². The van der Waals surface area contributed by atoms with Gasteiger partial charge in [-0.25, -0.2) is 4.39 Å². The van der Waals surface area contributed by atoms with Gasteiger partial charge in [0.05, 0.1) is 6.61 Å². The van der Waals surface area contributed by atoms with Crippen molar-refractivity contribution in [2.75, 3.05) is 20.2 Å². The van der Waals surface area contributed by atoms with Crippen molar-refractivity contribution in [3.8, 4) is 5.75 Å². The molecule has 2 aromatic rings. The van der Waals surface area contributed by atoms with Crippen LogP contribution >= 0.6 is 0 Å². The van der Waals surface area contributed by atoms with Crippen molar-refractivity contribution in [1.29, 1.82) is 0 Å². The number of benzene rings is 2. The van der Waals surface area contributed by atoms with Gasteiger partial charge in [0.2, 0.25) is 0 Å². The number of nitrogens with zero attached hydrogens (tertiary/aromatic N) is 1. The van der Waals surface area contributed by atoms with Crippen LogP contribution in [-0.4, -0.2) is 26.2 Å². The third-order valence-corrected chi connectivity index (χ3v) is 4.38. The molecule has 3 rings (SSSR count). The Labute approximate surface area is 148 Å². The highest BCUT2D eigenvalue weighted by Gasteiger charge is 2.11. The summed E-state index contributed by atoms with van der Waals surface area (Å²) >= 11 is 0. The molecule has 1 aliphatic rings. The second-order valence-electron chi connectivity index (χ2n) is 6.23. The third kappa shape index (κ3) is 4.50. The summed E-state index contributed by atoms with van der Waals surface area (Å²) in [5.74, 6) is 1.55. The van der Waals surface area contributed by atoms with Gasteiger partial charge in [-0.3, -0.25) is 4.99 Å². The van der Waals surface area contributed by atoms with E-state index < -0.39 is 0 Å². The Kier molecular flexibility index (Phi) is 5.53. The lowest BCUT2D eigenvalue weighted by Crippen LogP contribution is -2.37. The summed E-state index contributed by atoms with van der Waals surface area (Å²) in [4.78, 5) is 4.21. The van der Waals surface area contributed by atoms with Crippen LogP contribution in [0.25, 0.3) is 0 Å². The maximum Gasteiger partial charge on any atom is 0.191 e. The maximum absolute atomic E-state index is 13.6. The van der Waals surface area contributed by atoms with Crippen LogP contribution in [0, 0.1) is 12.7 Å². The van der Waals surface area contributed by atoms with Gasteiger partial charge in [-0.2, -0.15) is 0 Å². The number of halogens is 1. The Hall–Kier alpha value is -2.56. The topological polar surface area (TPSA) is 45.7 Å². The molecule has 2 N–H and O–H groups in total. The normalized spacial score (nSPS) is 13.3. The zero-order valence-electron chi connectivity index (χ0n) is 14.7. The molecular weight excluding hydrogens is 317 g/mol. The largest absolute Gasteiger partial charge is 0.493 e. The van der Waals surface area contributed by atoms with Crippen LogP contribution in [0.15, 0.2) is 41.4 Å². The first kappa shape index (κ1) is 17.3. The molecule has 0 unspecified atom stereocenters. The second kappa shape index (κ2) is 8.01. The van der Waals surface area contributed by atoms with Crippen molar-refractivity contribution in [3.05, 3.63) is 64.5 Å². The van der Waals surface area contributed by atoms with Crippen LogP contribution in [0.1, 0.15) is 22.3 Å². The van der Waals surface area contributed by atoms with Gasteiger partial charge in [0.1, 0.15) is 11.6 Å². The predicted octanol–water partition coefficient (Wildman–Crippen LogP) is 2.98. The van der Waals surface area contributed by atoms with Crippen LogP contribution in [0.5, 0.6) is 5.75 Å². The summed E-state index contributed by atoms with van der Waals surface area (Å²) in [7, 11) is 1.73. The summed E-state index contributed by atoms with van der Waals surface area (Å²) in [6, 6.07) is 11.6. The van der Waals surface area contributed by atoms with Crippen molar-refractivity contribution in [2.24, 2.45) is 4.99 Å². The average molecular weight is 341 g/mol. The Morgan fingerprint density at radius 3 is 2.80 bits per heavy atom. The van der Waals surface area contributed by atoms with Crippen LogP contribution in [-0.2, 0) is 19.4 Å². The number of hydrogen-bond donors (Lipinski definition) is 2. The van der Waals surface area contributed by atoms with Crippen LogP contribution in [0.2, 0.25) is 0 Å². The number of rotatable bonds is 5. The number of ether oxygens (including phenoxy) is 1. The summed E-state index contributed by atoms with van der Waals surface area (Å²) < 4.78 is 19.1. The van der Waals surface area contributed by atoms with E-state index in [1.54, 1.807) is 26.1 Å². The molecule has 0 saturated heterocycles. The van der Waals surface area contributed by atoms with Gasteiger partial charge >= 0.3 is 0 Å². The molecule has 1 heterocycles. The fourth-order valence-corrected chi connectivity index (χ4v) is 2.87. The molecular formula is C20H24FN3O. The minimum absolute atomic E-state index is 0.178. The minimum atomic E-state index is -0.178. The monoisotopic (exact) mass is 341 g/mol. The molecule has 0 fully saturated rings. The number of aliphatic imine (C=N–C) groups is 1. The molecule has 25 heavy (non-hydrogen) atoms. The van der Waals surface area contributed by atoms with E-state index in [-0.39, 0.29) is 5.82 Å². The molecule has 0 bridgehead atoms. The molecule has 0 aliphatic carbocycles. The number of fused-ring (bicyclic) bond motifs is 1. The van der Waals surface area contributed by atoms with E-state index in [4.69, 9.17) is 4.74 Å². The molecule has 0 spiro atoms. The maximum atomic E-state index is 13.6. The van der Waals surface area contributed by atoms with Crippen molar-refractivity contribution in [1.82, 2.24) is 10.6 Å². The summed E-state index contributed by atoms with van der Waals surface area (Å²) in [6.07, 6.45) is 1.90. The molecule has 0 atom stereocenters. The highest BCUT2D eigenvalue weighted by atomic mass is 19.1. The minimum Gasteiger partial charge on any atom is -0.493 e. The number of hydrogen-bond acceptors (Lipinski definition) is 2. The Bertz CT molecular complexity index is 774. The van der Waals surface area contributed by atoms with Crippen molar-refractivity contribution < 1.29 is 9.13 Å². The average Bonchev–Trinajstić information content (AvgIpc) is 3.08. The van der Waals surface area contributed by atoms with Crippen LogP contribution < -0.4 is 15.4 Å². The Balaban J connectivity index is 1.47. The third-order valence-electron chi connectivity index (χ3n) is 4.38. The fraction of sp³-hybridized carbons (Fsp3) is 0.350. The van der Waals surface area contributed by atoms with Crippen LogP contribution in [0.4, 0.5) is 4.39 Å². The molecule has 0 saturated carbocycles. The first-order valence-electron chi connectivity index (χ1n) is 8.60. The Morgan fingerprint density at radius 1 is 1.16 bits per heavy atom. The predicted molar refractivity (Wildman–Crippen MR) is 98.7 cm³/mol. The lowest BCUT2D eigenvalue weighted by atomic mass is 10.1. The number of aryl methyl sites for hydroxylation is 1. The van der Waals surface area contributed by atoms with E-state index in [0.29, 0.717) is 18.1 Å². The second-order valence-corrected chi connectivity index (χ2v) is 6.23. The van der Waals surface area contributed by atoms with Gasteiger partial charge in [0, 0.05) is 26.6 Å². The van der Waals surface area contributed by atoms with Gasteiger partial charge in [0.15, 0.2) is 5.96 Å². The number of guanidine groups is 1. The highest BCUT2D eigenvalue weighted by molar-refractivity contribution is 5.79. The smallest absolute Gasteiger partial charge is 0.191 e. The van der Waals surface area contributed by atoms with Crippen molar-refractivity contribution >= 4 is 5.96 Å². The van der Waals surface area contributed by atoms with E-state index in [9.17, 15) is 4.39 Å². The van der Waals surface area contributed by atoms with E-state index in [2.05, 4.69) is 33.8 Å². The van der Waals surface area contributed by atoms with Crippen molar-refractivity contribution in [2.45, 2.75) is 26.3 Å². The summed E-state index contributed by atoms with van der Waals surface area (Å²) in [5, 5.41) is 6.51. The van der Waals surface area contributed by atoms with Gasteiger partial charge in [0.25, 0.3) is 0 Å². The molecule has 2 aromatic carbocycles. The molecule has 0 radical (unpaired) electrons. The van der Waals surface area contributed by atoms with E-state index in [0.717, 1.165) is 37.3 Å². The SMILES string of the molecule is CN=C(NCCc1ccc2c(c1)CCO2)NCc1ccc(C)c(F)c1. The fourth-order valence-electron chi connectivity index (χ4n) is 2.87. The zero-order valence-corrected chi connectivity index (χ0v) is 14.7. The molecule has 5 heteroatoms. The first-order valence-corrected chi connectivity index (χ1v) is 8.60. The molecule has 0 aromatic heterocycles.